The van der Waals surface area contributed by atoms with Crippen LogP contribution in [0.4, 0.5) is 5.69 Å². The number of hydrogen-bond acceptors (Lipinski definition) is 3. The maximum Gasteiger partial charge on any atom is 0.129 e. The number of aromatic nitrogens is 1. The van der Waals surface area contributed by atoms with Crippen molar-refractivity contribution in [2.45, 2.75) is 0 Å². The molecule has 2 aliphatic heterocycles. The fourth-order valence-corrected chi connectivity index (χ4v) is 3.11. The van der Waals surface area contributed by atoms with Gasteiger partial charge < -0.3 is 9.80 Å². The average Bonchev–Trinajstić information content (AvgIpc) is 2.75. The highest BCUT2D eigenvalue weighted by atomic mass is 35.5. The van der Waals surface area contributed by atoms with Crippen molar-refractivity contribution in [1.82, 2.24) is 9.88 Å². The van der Waals surface area contributed by atoms with Crippen LogP contribution in [0.5, 0.6) is 0 Å². The number of pyridine rings is 1. The average molecular weight is 311 g/mol. The van der Waals surface area contributed by atoms with E-state index in [2.05, 4.69) is 27.9 Å². The van der Waals surface area contributed by atoms with Crippen molar-refractivity contribution in [1.29, 1.82) is 0 Å². The molecule has 2 saturated heterocycles. The minimum absolute atomic E-state index is 0. The summed E-state index contributed by atoms with van der Waals surface area (Å²) in [5.41, 5.74) is 1.21. The Bertz CT molecular complexity index is 371. The van der Waals surface area contributed by atoms with Crippen LogP contribution in [0.3, 0.4) is 0 Å². The summed E-state index contributed by atoms with van der Waals surface area (Å²) in [6.07, 6.45) is 1.88. The minimum Gasteiger partial charge on any atom is -0.370 e. The highest BCUT2D eigenvalue weighted by Gasteiger charge is 2.38. The van der Waals surface area contributed by atoms with Gasteiger partial charge in [0.2, 0.25) is 0 Å². The van der Waals surface area contributed by atoms with Gasteiger partial charge >= 0.3 is 0 Å². The van der Waals surface area contributed by atoms with Crippen molar-refractivity contribution in [3.05, 3.63) is 23.5 Å². The zero-order chi connectivity index (χ0) is 11.1. The van der Waals surface area contributed by atoms with Gasteiger partial charge in [-0.3, -0.25) is 0 Å². The molecule has 0 radical (unpaired) electrons. The topological polar surface area (TPSA) is 19.4 Å². The van der Waals surface area contributed by atoms with Crippen LogP contribution in [0.2, 0.25) is 5.15 Å². The maximum atomic E-state index is 5.80. The quantitative estimate of drug-likeness (QED) is 0.743. The molecule has 0 spiro atoms. The Balaban J connectivity index is 0.000000810. The summed E-state index contributed by atoms with van der Waals surface area (Å²) in [4.78, 5) is 9.02. The number of anilines is 1. The molecule has 2 fully saturated rings. The molecule has 1 aromatic rings. The second-order valence-electron chi connectivity index (χ2n) is 4.99. The van der Waals surface area contributed by atoms with Gasteiger partial charge in [0.25, 0.3) is 0 Å². The molecule has 18 heavy (non-hydrogen) atoms. The first-order valence-electron chi connectivity index (χ1n) is 5.77. The summed E-state index contributed by atoms with van der Waals surface area (Å²) in [5, 5.41) is 0.572. The molecule has 3 heterocycles. The lowest BCUT2D eigenvalue weighted by Gasteiger charge is -2.20. The second kappa shape index (κ2) is 6.29. The molecule has 3 nitrogen and oxygen atoms in total. The van der Waals surface area contributed by atoms with E-state index in [0.717, 1.165) is 24.9 Å². The van der Waals surface area contributed by atoms with Crippen LogP contribution >= 0.6 is 36.4 Å². The van der Waals surface area contributed by atoms with Gasteiger partial charge in [-0.1, -0.05) is 11.6 Å². The van der Waals surface area contributed by atoms with Gasteiger partial charge in [0, 0.05) is 26.2 Å². The third kappa shape index (κ3) is 3.02. The summed E-state index contributed by atoms with van der Waals surface area (Å²) >= 11 is 5.80. The van der Waals surface area contributed by atoms with E-state index in [9.17, 15) is 0 Å². The van der Waals surface area contributed by atoms with E-state index in [-0.39, 0.29) is 24.8 Å². The molecular weight excluding hydrogens is 293 g/mol. The lowest BCUT2D eigenvalue weighted by Crippen LogP contribution is -2.26. The monoisotopic (exact) mass is 309 g/mol. The highest BCUT2D eigenvalue weighted by Crippen LogP contribution is 2.33. The van der Waals surface area contributed by atoms with Crippen LogP contribution in [0.25, 0.3) is 0 Å². The van der Waals surface area contributed by atoms with E-state index in [1.54, 1.807) is 0 Å². The number of rotatable bonds is 1. The molecule has 0 bridgehead atoms. The Morgan fingerprint density at radius 3 is 2.22 bits per heavy atom. The number of nitrogens with zero attached hydrogens (tertiary/aromatic N) is 3. The van der Waals surface area contributed by atoms with Gasteiger partial charge in [0.15, 0.2) is 0 Å². The minimum atomic E-state index is 0. The van der Waals surface area contributed by atoms with Gasteiger partial charge in [0.05, 0.1) is 11.9 Å². The summed E-state index contributed by atoms with van der Waals surface area (Å²) in [5.74, 6) is 1.67. The Hall–Kier alpha value is -0.220. The first kappa shape index (κ1) is 15.8. The molecule has 0 amide bonds. The Labute approximate surface area is 125 Å². The van der Waals surface area contributed by atoms with Crippen molar-refractivity contribution in [3.8, 4) is 0 Å². The molecule has 3 rings (SSSR count). The number of likely N-dealkylation sites (tertiary alicyclic amines) is 1. The summed E-state index contributed by atoms with van der Waals surface area (Å²) in [6, 6.07) is 3.94. The van der Waals surface area contributed by atoms with Gasteiger partial charge in [-0.15, -0.1) is 24.8 Å². The van der Waals surface area contributed by atoms with Crippen molar-refractivity contribution in [3.63, 3.8) is 0 Å². The van der Waals surface area contributed by atoms with Crippen molar-refractivity contribution in [2.24, 2.45) is 11.8 Å². The lowest BCUT2D eigenvalue weighted by atomic mass is 10.0. The van der Waals surface area contributed by atoms with E-state index < -0.39 is 0 Å². The van der Waals surface area contributed by atoms with E-state index >= 15 is 0 Å². The Morgan fingerprint density at radius 2 is 1.72 bits per heavy atom. The zero-order valence-corrected chi connectivity index (χ0v) is 12.6. The smallest absolute Gasteiger partial charge is 0.129 e. The third-order valence-electron chi connectivity index (χ3n) is 3.75. The zero-order valence-electron chi connectivity index (χ0n) is 10.3. The highest BCUT2D eigenvalue weighted by molar-refractivity contribution is 6.29. The van der Waals surface area contributed by atoms with E-state index in [0.29, 0.717) is 5.15 Å². The van der Waals surface area contributed by atoms with Crippen molar-refractivity contribution >= 4 is 42.1 Å². The summed E-state index contributed by atoms with van der Waals surface area (Å²) < 4.78 is 0. The van der Waals surface area contributed by atoms with Crippen LogP contribution in [-0.4, -0.2) is 43.1 Å². The first-order valence-corrected chi connectivity index (χ1v) is 6.15. The SMILES string of the molecule is CN1CC2CN(c3ccc(Cl)nc3)CC2C1.Cl.Cl. The van der Waals surface area contributed by atoms with E-state index in [1.807, 2.05) is 12.3 Å². The number of halogens is 3. The Kier molecular flexibility index (Phi) is 5.53. The van der Waals surface area contributed by atoms with E-state index in [4.69, 9.17) is 11.6 Å². The fraction of sp³-hybridized carbons (Fsp3) is 0.583. The van der Waals surface area contributed by atoms with Crippen LogP contribution in [0, 0.1) is 11.8 Å². The predicted octanol–water partition coefficient (Wildman–Crippen LogP) is 2.58. The molecule has 0 aromatic carbocycles. The molecule has 102 valence electrons. The molecule has 2 unspecified atom stereocenters. The second-order valence-corrected chi connectivity index (χ2v) is 5.37. The van der Waals surface area contributed by atoms with Crippen molar-refractivity contribution < 1.29 is 0 Å². The molecular formula is C12H18Cl3N3. The molecule has 0 aliphatic carbocycles. The normalized spacial score (nSPS) is 26.4. The largest absolute Gasteiger partial charge is 0.370 e. The van der Waals surface area contributed by atoms with Crippen LogP contribution in [0.1, 0.15) is 0 Å². The molecule has 2 atom stereocenters. The number of hydrogen-bond donors (Lipinski definition) is 0. The van der Waals surface area contributed by atoms with Crippen molar-refractivity contribution in [2.75, 3.05) is 38.1 Å². The van der Waals surface area contributed by atoms with Crippen LogP contribution in [-0.2, 0) is 0 Å². The fourth-order valence-electron chi connectivity index (χ4n) is 2.99. The number of fused-ring (bicyclic) bond motifs is 1. The van der Waals surface area contributed by atoms with Crippen LogP contribution in [0.15, 0.2) is 18.3 Å². The Morgan fingerprint density at radius 1 is 1.11 bits per heavy atom. The lowest BCUT2D eigenvalue weighted by molar-refractivity contribution is 0.387. The van der Waals surface area contributed by atoms with Gasteiger partial charge in [0.1, 0.15) is 5.15 Å². The van der Waals surface area contributed by atoms with Gasteiger partial charge in [-0.25, -0.2) is 4.98 Å². The molecule has 0 saturated carbocycles. The predicted molar refractivity (Wildman–Crippen MR) is 80.4 cm³/mol. The standard InChI is InChI=1S/C12H16ClN3.2ClH/c1-15-5-9-7-16(8-10(9)6-15)11-2-3-12(13)14-4-11;;/h2-4,9-10H,5-8H2,1H3;2*1H. The van der Waals surface area contributed by atoms with Gasteiger partial charge in [-0.05, 0) is 31.0 Å². The summed E-state index contributed by atoms with van der Waals surface area (Å²) in [6.45, 7) is 4.81. The van der Waals surface area contributed by atoms with Crippen LogP contribution < -0.4 is 4.90 Å². The maximum absolute atomic E-state index is 5.80. The van der Waals surface area contributed by atoms with Gasteiger partial charge in [-0.2, -0.15) is 0 Å². The molecule has 0 N–H and O–H groups in total. The van der Waals surface area contributed by atoms with E-state index in [1.165, 1.54) is 18.8 Å². The summed E-state index contributed by atoms with van der Waals surface area (Å²) in [7, 11) is 2.21. The first-order chi connectivity index (χ1) is 7.72. The molecule has 6 heteroatoms. The molecule has 1 aromatic heterocycles. The third-order valence-corrected chi connectivity index (χ3v) is 3.97. The molecule has 2 aliphatic rings.